The lowest BCUT2D eigenvalue weighted by atomic mass is 10.0. The number of carbonyl (C=O) groups is 1. The second-order valence-electron chi connectivity index (χ2n) is 7.45. The van der Waals surface area contributed by atoms with E-state index >= 15 is 0 Å². The molecular formula is C25H31N3O4. The Morgan fingerprint density at radius 3 is 2.47 bits per heavy atom. The van der Waals surface area contributed by atoms with Gasteiger partial charge in [-0.2, -0.15) is 0 Å². The lowest BCUT2D eigenvalue weighted by molar-refractivity contribution is 0.0936. The lowest BCUT2D eigenvalue weighted by Crippen LogP contribution is -2.39. The summed E-state index contributed by atoms with van der Waals surface area (Å²) in [7, 11) is 1.63. The number of anilines is 1. The van der Waals surface area contributed by atoms with Crippen molar-refractivity contribution in [1.29, 1.82) is 0 Å². The van der Waals surface area contributed by atoms with Crippen LogP contribution in [0.3, 0.4) is 0 Å². The number of benzene rings is 2. The number of hydrogen-bond donors (Lipinski definition) is 5. The summed E-state index contributed by atoms with van der Waals surface area (Å²) in [5.41, 5.74) is 9.86. The molecule has 0 aliphatic heterocycles. The second kappa shape index (κ2) is 10.9. The van der Waals surface area contributed by atoms with E-state index in [-0.39, 0.29) is 17.1 Å². The van der Waals surface area contributed by atoms with Crippen molar-refractivity contribution < 1.29 is 19.7 Å². The van der Waals surface area contributed by atoms with Crippen LogP contribution in [0.2, 0.25) is 0 Å². The average Bonchev–Trinajstić information content (AvgIpc) is 2.74. The van der Waals surface area contributed by atoms with Gasteiger partial charge < -0.3 is 20.3 Å². The Morgan fingerprint density at radius 1 is 1.16 bits per heavy atom. The minimum Gasteiger partial charge on any atom is -0.508 e. The number of aromatic hydroxyl groups is 2. The zero-order chi connectivity index (χ0) is 23.8. The molecule has 0 radical (unpaired) electrons. The lowest BCUT2D eigenvalue weighted by Gasteiger charge is -2.19. The predicted molar refractivity (Wildman–Crippen MR) is 129 cm³/mol. The number of aryl methyl sites for hydroxylation is 1. The molecule has 0 heterocycles. The Hall–Kier alpha value is -3.87. The summed E-state index contributed by atoms with van der Waals surface area (Å²) < 4.78 is 5.44. The van der Waals surface area contributed by atoms with Crippen molar-refractivity contribution in [1.82, 2.24) is 10.9 Å². The van der Waals surface area contributed by atoms with E-state index in [1.54, 1.807) is 19.3 Å². The quantitative estimate of drug-likeness (QED) is 0.286. The summed E-state index contributed by atoms with van der Waals surface area (Å²) >= 11 is 0. The molecule has 2 rings (SSSR count). The third-order valence-corrected chi connectivity index (χ3v) is 4.81. The van der Waals surface area contributed by atoms with Gasteiger partial charge in [-0.3, -0.25) is 15.6 Å². The van der Waals surface area contributed by atoms with Gasteiger partial charge in [-0.25, -0.2) is 0 Å². The third-order valence-electron chi connectivity index (χ3n) is 4.81. The molecule has 2 aromatic carbocycles. The molecule has 170 valence electrons. The van der Waals surface area contributed by atoms with Crippen molar-refractivity contribution in [3.63, 3.8) is 0 Å². The number of hydrogen-bond acceptors (Lipinski definition) is 6. The van der Waals surface area contributed by atoms with Crippen LogP contribution in [0, 0.1) is 6.92 Å². The SMILES string of the molecule is C=C/C=C(\NNC(=O)c1cc(CC)c(O)cc1O)Nc1ccc(OC)c(C)c1C=C(C)C. The number of nitrogens with one attached hydrogen (secondary N) is 3. The first kappa shape index (κ1) is 24.4. The van der Waals surface area contributed by atoms with Crippen LogP contribution >= 0.6 is 0 Å². The average molecular weight is 438 g/mol. The molecule has 0 saturated carbocycles. The smallest absolute Gasteiger partial charge is 0.273 e. The third kappa shape index (κ3) is 5.85. The minimum absolute atomic E-state index is 0.0508. The largest absolute Gasteiger partial charge is 0.508 e. The molecule has 0 atom stereocenters. The van der Waals surface area contributed by atoms with E-state index in [0.717, 1.165) is 34.2 Å². The molecule has 0 spiro atoms. The number of ether oxygens (including phenoxy) is 1. The van der Waals surface area contributed by atoms with Crippen molar-refractivity contribution in [2.45, 2.75) is 34.1 Å². The fourth-order valence-corrected chi connectivity index (χ4v) is 3.17. The van der Waals surface area contributed by atoms with Gasteiger partial charge in [-0.1, -0.05) is 31.2 Å². The van der Waals surface area contributed by atoms with Crippen LogP contribution in [0.15, 0.2) is 54.4 Å². The molecule has 2 aromatic rings. The standard InChI is InChI=1S/C25H31N3O4/c1-7-9-24(26-20-10-11-23(32-6)16(5)18(20)12-15(3)4)27-28-25(31)19-13-17(8-2)21(29)14-22(19)30/h7,9-14,26-27,29-30H,1,8H2,2-6H3,(H,28,31)/b24-9-. The highest BCUT2D eigenvalue weighted by Crippen LogP contribution is 2.31. The number of rotatable bonds is 9. The number of hydrazine groups is 1. The van der Waals surface area contributed by atoms with Crippen LogP contribution in [0.1, 0.15) is 47.8 Å². The molecule has 0 aliphatic rings. The minimum atomic E-state index is -0.551. The van der Waals surface area contributed by atoms with Gasteiger partial charge in [0.25, 0.3) is 5.91 Å². The van der Waals surface area contributed by atoms with E-state index in [0.29, 0.717) is 17.8 Å². The zero-order valence-electron chi connectivity index (χ0n) is 19.2. The van der Waals surface area contributed by atoms with E-state index in [2.05, 4.69) is 22.7 Å². The highest BCUT2D eigenvalue weighted by atomic mass is 16.5. The van der Waals surface area contributed by atoms with Crippen LogP contribution in [0.25, 0.3) is 6.08 Å². The molecule has 7 heteroatoms. The van der Waals surface area contributed by atoms with Gasteiger partial charge in [-0.15, -0.1) is 0 Å². The molecule has 0 aliphatic carbocycles. The summed E-state index contributed by atoms with van der Waals surface area (Å²) in [6.45, 7) is 11.6. The van der Waals surface area contributed by atoms with Crippen LogP contribution < -0.4 is 20.9 Å². The predicted octanol–water partition coefficient (Wildman–Crippen LogP) is 4.77. The van der Waals surface area contributed by atoms with Gasteiger partial charge in [0, 0.05) is 22.9 Å². The molecule has 1 amide bonds. The van der Waals surface area contributed by atoms with E-state index in [4.69, 9.17) is 4.74 Å². The van der Waals surface area contributed by atoms with Crippen LogP contribution in [-0.2, 0) is 6.42 Å². The number of phenolic OH excluding ortho intramolecular Hbond substituents is 2. The fraction of sp³-hybridized carbons (Fsp3) is 0.240. The zero-order valence-corrected chi connectivity index (χ0v) is 19.2. The first-order valence-corrected chi connectivity index (χ1v) is 10.2. The molecular weight excluding hydrogens is 406 g/mol. The topological polar surface area (TPSA) is 103 Å². The number of phenols is 2. The first-order valence-electron chi connectivity index (χ1n) is 10.2. The fourth-order valence-electron chi connectivity index (χ4n) is 3.17. The number of methoxy groups -OCH3 is 1. The van der Waals surface area contributed by atoms with E-state index < -0.39 is 5.91 Å². The normalized spacial score (nSPS) is 10.8. The van der Waals surface area contributed by atoms with Crippen LogP contribution in [0.4, 0.5) is 5.69 Å². The second-order valence-corrected chi connectivity index (χ2v) is 7.45. The molecule has 0 bridgehead atoms. The Labute approximate surface area is 189 Å². The molecule has 0 saturated heterocycles. The highest BCUT2D eigenvalue weighted by molar-refractivity contribution is 5.97. The number of carbonyl (C=O) groups excluding carboxylic acids is 1. The van der Waals surface area contributed by atoms with Crippen molar-refractivity contribution in [3.05, 3.63) is 76.6 Å². The van der Waals surface area contributed by atoms with E-state index in [9.17, 15) is 15.0 Å². The van der Waals surface area contributed by atoms with Crippen molar-refractivity contribution >= 4 is 17.7 Å². The number of allylic oxidation sites excluding steroid dienone is 3. The maximum Gasteiger partial charge on any atom is 0.273 e. The summed E-state index contributed by atoms with van der Waals surface area (Å²) in [4.78, 5) is 12.6. The molecule has 7 nitrogen and oxygen atoms in total. The van der Waals surface area contributed by atoms with Crippen molar-refractivity contribution in [2.24, 2.45) is 0 Å². The molecule has 0 aromatic heterocycles. The molecule has 0 unspecified atom stereocenters. The molecule has 5 N–H and O–H groups in total. The van der Waals surface area contributed by atoms with Gasteiger partial charge in [0.15, 0.2) is 0 Å². The van der Waals surface area contributed by atoms with Crippen LogP contribution in [-0.4, -0.2) is 23.2 Å². The summed E-state index contributed by atoms with van der Waals surface area (Å²) in [5.74, 6) is 0.329. The Bertz CT molecular complexity index is 1070. The Balaban J connectivity index is 2.28. The maximum atomic E-state index is 12.6. The molecule has 0 fully saturated rings. The van der Waals surface area contributed by atoms with Gasteiger partial charge >= 0.3 is 0 Å². The summed E-state index contributed by atoms with van der Waals surface area (Å²) in [5, 5.41) is 23.2. The maximum absolute atomic E-state index is 12.6. The highest BCUT2D eigenvalue weighted by Gasteiger charge is 2.15. The summed E-state index contributed by atoms with van der Waals surface area (Å²) in [6.07, 6.45) is 5.81. The molecule has 32 heavy (non-hydrogen) atoms. The Morgan fingerprint density at radius 2 is 1.88 bits per heavy atom. The van der Waals surface area contributed by atoms with Crippen molar-refractivity contribution in [3.8, 4) is 17.2 Å². The first-order chi connectivity index (χ1) is 15.2. The van der Waals surface area contributed by atoms with Crippen molar-refractivity contribution in [2.75, 3.05) is 12.4 Å². The summed E-state index contributed by atoms with van der Waals surface area (Å²) in [6, 6.07) is 6.38. The Kier molecular flexibility index (Phi) is 8.35. The van der Waals surface area contributed by atoms with E-state index in [1.165, 1.54) is 6.07 Å². The van der Waals surface area contributed by atoms with Gasteiger partial charge in [0.2, 0.25) is 0 Å². The van der Waals surface area contributed by atoms with Gasteiger partial charge in [0.05, 0.1) is 12.7 Å². The van der Waals surface area contributed by atoms with Crippen LogP contribution in [0.5, 0.6) is 17.2 Å². The number of amides is 1. The van der Waals surface area contributed by atoms with E-state index in [1.807, 2.05) is 45.9 Å². The van der Waals surface area contributed by atoms with Gasteiger partial charge in [0.1, 0.15) is 23.1 Å². The monoisotopic (exact) mass is 437 g/mol. The van der Waals surface area contributed by atoms with Gasteiger partial charge in [-0.05, 0) is 57.0 Å².